The van der Waals surface area contributed by atoms with Crippen LogP contribution in [0, 0.1) is 35.5 Å². The smallest absolute Gasteiger partial charge is 0.233 e. The van der Waals surface area contributed by atoms with Gasteiger partial charge in [0.15, 0.2) is 0 Å². The van der Waals surface area contributed by atoms with Gasteiger partial charge in [0, 0.05) is 25.2 Å². The fourth-order valence-corrected chi connectivity index (χ4v) is 2.52. The highest BCUT2D eigenvalue weighted by Crippen LogP contribution is 2.31. The van der Waals surface area contributed by atoms with Crippen LogP contribution >= 0.6 is 0 Å². The highest BCUT2D eigenvalue weighted by molar-refractivity contribution is 5.11. The van der Waals surface area contributed by atoms with Gasteiger partial charge in [0.2, 0.25) is 11.6 Å². The summed E-state index contributed by atoms with van der Waals surface area (Å²) in [6.07, 6.45) is 0.649. The van der Waals surface area contributed by atoms with Crippen LogP contribution in [0.1, 0.15) is 34.1 Å². The predicted octanol–water partition coefficient (Wildman–Crippen LogP) is 2.18. The van der Waals surface area contributed by atoms with Crippen molar-refractivity contribution in [2.24, 2.45) is 11.8 Å². The number of ether oxygens (including phenoxy) is 4. The van der Waals surface area contributed by atoms with Crippen LogP contribution in [0.25, 0.3) is 0 Å². The Balaban J connectivity index is 1.96. The molecule has 0 unspecified atom stereocenters. The number of hydrogen-bond donors (Lipinski definition) is 0. The predicted molar refractivity (Wildman–Crippen MR) is 79.1 cm³/mol. The molecule has 0 aromatic rings. The van der Waals surface area contributed by atoms with Crippen molar-refractivity contribution in [1.82, 2.24) is 0 Å². The van der Waals surface area contributed by atoms with E-state index < -0.39 is 11.6 Å². The Kier molecular flexibility index (Phi) is 5.30. The SMILES string of the molecule is CC#CC1(C)OCC(CC2(C#CC)OCC(C)CO2)CO1. The maximum atomic E-state index is 5.89. The summed E-state index contributed by atoms with van der Waals surface area (Å²) in [6.45, 7) is 10.0. The van der Waals surface area contributed by atoms with Gasteiger partial charge in [-0.15, -0.1) is 11.8 Å². The molecule has 0 aromatic carbocycles. The van der Waals surface area contributed by atoms with E-state index in [-0.39, 0.29) is 5.92 Å². The summed E-state index contributed by atoms with van der Waals surface area (Å²) < 4.78 is 23.3. The molecule has 0 bridgehead atoms. The van der Waals surface area contributed by atoms with Gasteiger partial charge in [-0.2, -0.15) is 0 Å². The minimum Gasteiger partial charge on any atom is -0.340 e. The second kappa shape index (κ2) is 6.81. The van der Waals surface area contributed by atoms with Crippen molar-refractivity contribution in [3.8, 4) is 23.7 Å². The van der Waals surface area contributed by atoms with Gasteiger partial charge in [-0.3, -0.25) is 0 Å². The van der Waals surface area contributed by atoms with Crippen LogP contribution in [-0.2, 0) is 18.9 Å². The Morgan fingerprint density at radius 2 is 1.48 bits per heavy atom. The third-order valence-corrected chi connectivity index (χ3v) is 3.62. The minimum atomic E-state index is -0.817. The summed E-state index contributed by atoms with van der Waals surface area (Å²) >= 11 is 0. The lowest BCUT2D eigenvalue weighted by molar-refractivity contribution is -0.279. The first-order valence-corrected chi connectivity index (χ1v) is 7.44. The van der Waals surface area contributed by atoms with E-state index in [4.69, 9.17) is 18.9 Å². The largest absolute Gasteiger partial charge is 0.340 e. The van der Waals surface area contributed by atoms with Gasteiger partial charge < -0.3 is 18.9 Å². The minimum absolute atomic E-state index is 0.186. The molecule has 4 heteroatoms. The van der Waals surface area contributed by atoms with Crippen molar-refractivity contribution in [1.29, 1.82) is 0 Å². The van der Waals surface area contributed by atoms with Crippen LogP contribution in [-0.4, -0.2) is 38.0 Å². The Morgan fingerprint density at radius 3 is 2.00 bits per heavy atom. The van der Waals surface area contributed by atoms with Gasteiger partial charge in [-0.25, -0.2) is 0 Å². The molecule has 2 saturated heterocycles. The first kappa shape index (κ1) is 16.3. The molecule has 4 nitrogen and oxygen atoms in total. The molecule has 0 aliphatic carbocycles. The highest BCUT2D eigenvalue weighted by Gasteiger charge is 2.40. The fraction of sp³-hybridized carbons (Fsp3) is 0.765. The quantitative estimate of drug-likeness (QED) is 0.731. The summed E-state index contributed by atoms with van der Waals surface area (Å²) in [4.78, 5) is 0. The second-order valence-corrected chi connectivity index (χ2v) is 5.87. The molecule has 116 valence electrons. The van der Waals surface area contributed by atoms with Gasteiger partial charge in [-0.1, -0.05) is 6.92 Å². The van der Waals surface area contributed by atoms with Crippen LogP contribution in [0.3, 0.4) is 0 Å². The zero-order valence-electron chi connectivity index (χ0n) is 13.3. The highest BCUT2D eigenvalue weighted by atomic mass is 16.7. The van der Waals surface area contributed by atoms with E-state index in [1.165, 1.54) is 0 Å². The summed E-state index contributed by atoms with van der Waals surface area (Å²) in [5, 5.41) is 0. The van der Waals surface area contributed by atoms with Crippen molar-refractivity contribution in [2.75, 3.05) is 26.4 Å². The molecule has 0 N–H and O–H groups in total. The molecule has 21 heavy (non-hydrogen) atoms. The molecule has 0 spiro atoms. The lowest BCUT2D eigenvalue weighted by Crippen LogP contribution is -2.48. The van der Waals surface area contributed by atoms with E-state index in [2.05, 4.69) is 30.6 Å². The van der Waals surface area contributed by atoms with Crippen LogP contribution in [0.2, 0.25) is 0 Å². The van der Waals surface area contributed by atoms with Crippen LogP contribution in [0.15, 0.2) is 0 Å². The van der Waals surface area contributed by atoms with E-state index in [0.717, 1.165) is 0 Å². The van der Waals surface area contributed by atoms with E-state index in [1.807, 2.05) is 6.92 Å². The molecular formula is C17H24O4. The van der Waals surface area contributed by atoms with Gasteiger partial charge in [0.25, 0.3) is 0 Å². The summed E-state index contributed by atoms with van der Waals surface area (Å²) in [5.74, 6) is 10.7. The van der Waals surface area contributed by atoms with Crippen LogP contribution < -0.4 is 0 Å². The standard InChI is InChI=1S/C17H24O4/c1-5-7-16(4)18-12-15(13-19-16)9-17(8-6-2)20-10-14(3)11-21-17/h14-15H,9-13H2,1-4H3. The zero-order valence-corrected chi connectivity index (χ0v) is 13.3. The molecule has 2 rings (SSSR count). The fourth-order valence-electron chi connectivity index (χ4n) is 2.52. The van der Waals surface area contributed by atoms with Crippen molar-refractivity contribution >= 4 is 0 Å². The first-order chi connectivity index (χ1) is 10.0. The Hall–Kier alpha value is -1.04. The van der Waals surface area contributed by atoms with Crippen molar-refractivity contribution in [3.63, 3.8) is 0 Å². The molecule has 2 heterocycles. The normalized spacial score (nSPS) is 39.6. The van der Waals surface area contributed by atoms with Gasteiger partial charge >= 0.3 is 0 Å². The van der Waals surface area contributed by atoms with E-state index in [0.29, 0.717) is 38.8 Å². The third kappa shape index (κ3) is 4.22. The average molecular weight is 292 g/mol. The van der Waals surface area contributed by atoms with Crippen molar-refractivity contribution in [3.05, 3.63) is 0 Å². The lowest BCUT2D eigenvalue weighted by Gasteiger charge is -2.40. The molecule has 0 amide bonds. The summed E-state index contributed by atoms with van der Waals surface area (Å²) in [5.41, 5.74) is 0. The van der Waals surface area contributed by atoms with Crippen LogP contribution in [0.4, 0.5) is 0 Å². The molecule has 0 radical (unpaired) electrons. The van der Waals surface area contributed by atoms with E-state index in [9.17, 15) is 0 Å². The molecule has 2 aliphatic heterocycles. The number of rotatable bonds is 2. The lowest BCUT2D eigenvalue weighted by atomic mass is 9.98. The molecule has 0 saturated carbocycles. The topological polar surface area (TPSA) is 36.9 Å². The average Bonchev–Trinajstić information content (AvgIpc) is 2.46. The van der Waals surface area contributed by atoms with Gasteiger partial charge in [0.1, 0.15) is 0 Å². The number of hydrogen-bond acceptors (Lipinski definition) is 4. The second-order valence-electron chi connectivity index (χ2n) is 5.87. The van der Waals surface area contributed by atoms with E-state index >= 15 is 0 Å². The molecular weight excluding hydrogens is 268 g/mol. The Bertz CT molecular complexity index is 460. The van der Waals surface area contributed by atoms with Gasteiger partial charge in [0.05, 0.1) is 26.4 Å². The monoisotopic (exact) mass is 292 g/mol. The first-order valence-electron chi connectivity index (χ1n) is 7.44. The Morgan fingerprint density at radius 1 is 0.905 bits per heavy atom. The molecule has 2 aliphatic rings. The zero-order chi connectivity index (χ0) is 15.3. The molecule has 0 atom stereocenters. The van der Waals surface area contributed by atoms with Gasteiger partial charge in [-0.05, 0) is 25.7 Å². The maximum Gasteiger partial charge on any atom is 0.233 e. The molecule has 2 fully saturated rings. The molecule has 0 aromatic heterocycles. The maximum absolute atomic E-state index is 5.89. The van der Waals surface area contributed by atoms with Crippen molar-refractivity contribution < 1.29 is 18.9 Å². The summed E-state index contributed by atoms with van der Waals surface area (Å²) in [6, 6.07) is 0. The van der Waals surface area contributed by atoms with E-state index in [1.54, 1.807) is 13.8 Å². The Labute approximate surface area is 127 Å². The van der Waals surface area contributed by atoms with Crippen molar-refractivity contribution in [2.45, 2.75) is 45.7 Å². The van der Waals surface area contributed by atoms with Crippen LogP contribution in [0.5, 0.6) is 0 Å². The summed E-state index contributed by atoms with van der Waals surface area (Å²) in [7, 11) is 0. The third-order valence-electron chi connectivity index (χ3n) is 3.62.